The van der Waals surface area contributed by atoms with E-state index in [9.17, 15) is 14.0 Å². The molecule has 0 bridgehead atoms. The summed E-state index contributed by atoms with van der Waals surface area (Å²) >= 11 is 5.61. The summed E-state index contributed by atoms with van der Waals surface area (Å²) in [6, 6.07) is 3.85. The molecule has 1 aromatic rings. The third kappa shape index (κ3) is 4.70. The van der Waals surface area contributed by atoms with Gasteiger partial charge in [-0.25, -0.2) is 4.39 Å². The summed E-state index contributed by atoms with van der Waals surface area (Å²) < 4.78 is 18.0. The predicted molar refractivity (Wildman–Crippen MR) is 77.6 cm³/mol. The zero-order valence-corrected chi connectivity index (χ0v) is 12.3. The SMILES string of the molecule is O=C(COC(=O)C1CCCCC1)Nc1ccc(F)c(Cl)c1. The van der Waals surface area contributed by atoms with Crippen LogP contribution in [-0.2, 0) is 14.3 Å². The van der Waals surface area contributed by atoms with Crippen LogP contribution in [0.1, 0.15) is 32.1 Å². The highest BCUT2D eigenvalue weighted by Gasteiger charge is 2.23. The van der Waals surface area contributed by atoms with Crippen molar-refractivity contribution in [1.82, 2.24) is 0 Å². The number of hydrogen-bond acceptors (Lipinski definition) is 3. The van der Waals surface area contributed by atoms with E-state index in [0.29, 0.717) is 5.69 Å². The van der Waals surface area contributed by atoms with Crippen LogP contribution in [0.4, 0.5) is 10.1 Å². The summed E-state index contributed by atoms with van der Waals surface area (Å²) in [6.07, 6.45) is 4.86. The van der Waals surface area contributed by atoms with Gasteiger partial charge in [0, 0.05) is 5.69 Å². The topological polar surface area (TPSA) is 55.4 Å². The zero-order valence-electron chi connectivity index (χ0n) is 11.5. The molecule has 1 aliphatic carbocycles. The van der Waals surface area contributed by atoms with Gasteiger partial charge in [-0.05, 0) is 31.0 Å². The number of amides is 1. The van der Waals surface area contributed by atoms with Crippen LogP contribution in [0.5, 0.6) is 0 Å². The Bertz CT molecular complexity index is 530. The van der Waals surface area contributed by atoms with E-state index in [1.807, 2.05) is 0 Å². The van der Waals surface area contributed by atoms with Gasteiger partial charge >= 0.3 is 5.97 Å². The molecule has 1 aromatic carbocycles. The molecule has 114 valence electrons. The van der Waals surface area contributed by atoms with Gasteiger partial charge in [-0.3, -0.25) is 9.59 Å². The average molecular weight is 314 g/mol. The van der Waals surface area contributed by atoms with Gasteiger partial charge < -0.3 is 10.1 Å². The Balaban J connectivity index is 1.78. The molecule has 0 radical (unpaired) electrons. The highest BCUT2D eigenvalue weighted by atomic mass is 35.5. The standard InChI is InChI=1S/C15H17ClFNO3/c16-12-8-11(6-7-13(12)17)18-14(19)9-21-15(20)10-4-2-1-3-5-10/h6-8,10H,1-5,9H2,(H,18,19). The van der Waals surface area contributed by atoms with Gasteiger partial charge in [-0.15, -0.1) is 0 Å². The molecule has 1 aliphatic rings. The van der Waals surface area contributed by atoms with Crippen LogP contribution in [0.3, 0.4) is 0 Å². The van der Waals surface area contributed by atoms with Crippen LogP contribution < -0.4 is 5.32 Å². The number of benzene rings is 1. The number of ether oxygens (including phenoxy) is 1. The van der Waals surface area contributed by atoms with Crippen molar-refractivity contribution < 1.29 is 18.7 Å². The van der Waals surface area contributed by atoms with Crippen LogP contribution in [-0.4, -0.2) is 18.5 Å². The normalized spacial score (nSPS) is 15.5. The Hall–Kier alpha value is -1.62. The maximum absolute atomic E-state index is 13.0. The van der Waals surface area contributed by atoms with Crippen LogP contribution in [0.25, 0.3) is 0 Å². The molecule has 1 fully saturated rings. The smallest absolute Gasteiger partial charge is 0.309 e. The van der Waals surface area contributed by atoms with Gasteiger partial charge in [0.05, 0.1) is 10.9 Å². The van der Waals surface area contributed by atoms with E-state index >= 15 is 0 Å². The summed E-state index contributed by atoms with van der Waals surface area (Å²) in [4.78, 5) is 23.5. The van der Waals surface area contributed by atoms with Crippen LogP contribution in [0, 0.1) is 11.7 Å². The first-order valence-electron chi connectivity index (χ1n) is 6.98. The zero-order chi connectivity index (χ0) is 15.2. The first-order chi connectivity index (χ1) is 10.1. The molecule has 1 N–H and O–H groups in total. The van der Waals surface area contributed by atoms with E-state index in [4.69, 9.17) is 16.3 Å². The van der Waals surface area contributed by atoms with E-state index in [-0.39, 0.29) is 23.5 Å². The number of halogens is 2. The quantitative estimate of drug-likeness (QED) is 0.865. The number of anilines is 1. The second-order valence-corrected chi connectivity index (χ2v) is 5.53. The van der Waals surface area contributed by atoms with Crippen molar-refractivity contribution in [2.24, 2.45) is 5.92 Å². The minimum atomic E-state index is -0.557. The minimum Gasteiger partial charge on any atom is -0.455 e. The van der Waals surface area contributed by atoms with E-state index in [1.54, 1.807) is 0 Å². The maximum atomic E-state index is 13.0. The first-order valence-corrected chi connectivity index (χ1v) is 7.35. The molecule has 0 unspecified atom stereocenters. The van der Waals surface area contributed by atoms with Gasteiger partial charge in [0.1, 0.15) is 5.82 Å². The van der Waals surface area contributed by atoms with Crippen LogP contribution >= 0.6 is 11.6 Å². The third-order valence-corrected chi connectivity index (χ3v) is 3.78. The Kier molecular flexibility index (Phi) is 5.56. The van der Waals surface area contributed by atoms with E-state index in [1.165, 1.54) is 12.1 Å². The summed E-state index contributed by atoms with van der Waals surface area (Å²) in [5.41, 5.74) is 0.361. The van der Waals surface area contributed by atoms with E-state index in [0.717, 1.165) is 38.2 Å². The number of rotatable bonds is 4. The van der Waals surface area contributed by atoms with Gasteiger partial charge in [0.15, 0.2) is 6.61 Å². The lowest BCUT2D eigenvalue weighted by molar-refractivity contribution is -0.152. The molecule has 21 heavy (non-hydrogen) atoms. The molecule has 0 aromatic heterocycles. The lowest BCUT2D eigenvalue weighted by Gasteiger charge is -2.19. The fraction of sp³-hybridized carbons (Fsp3) is 0.467. The van der Waals surface area contributed by atoms with Gasteiger partial charge in [0.2, 0.25) is 0 Å². The molecular formula is C15H17ClFNO3. The predicted octanol–water partition coefficient (Wildman–Crippen LogP) is 3.54. The van der Waals surface area contributed by atoms with Crippen molar-refractivity contribution in [3.63, 3.8) is 0 Å². The summed E-state index contributed by atoms with van der Waals surface area (Å²) in [5.74, 6) is -1.44. The van der Waals surface area contributed by atoms with Crippen molar-refractivity contribution in [2.45, 2.75) is 32.1 Å². The molecule has 4 nitrogen and oxygen atoms in total. The molecule has 6 heteroatoms. The highest BCUT2D eigenvalue weighted by Crippen LogP contribution is 2.24. The molecular weight excluding hydrogens is 297 g/mol. The minimum absolute atomic E-state index is 0.0769. The van der Waals surface area contributed by atoms with Crippen LogP contribution in [0.2, 0.25) is 5.02 Å². The Morgan fingerprint density at radius 3 is 2.67 bits per heavy atom. The first kappa shape index (κ1) is 15.8. The lowest BCUT2D eigenvalue weighted by atomic mass is 9.89. The summed E-state index contributed by atoms with van der Waals surface area (Å²) in [7, 11) is 0. The Morgan fingerprint density at radius 1 is 1.29 bits per heavy atom. The van der Waals surface area contributed by atoms with Crippen molar-refractivity contribution >= 4 is 29.2 Å². The van der Waals surface area contributed by atoms with E-state index < -0.39 is 11.7 Å². The van der Waals surface area contributed by atoms with Gasteiger partial charge in [-0.2, -0.15) is 0 Å². The van der Waals surface area contributed by atoms with Gasteiger partial charge in [0.25, 0.3) is 5.91 Å². The molecule has 0 saturated heterocycles. The molecule has 1 saturated carbocycles. The Labute approximate surface area is 127 Å². The highest BCUT2D eigenvalue weighted by molar-refractivity contribution is 6.31. The fourth-order valence-electron chi connectivity index (χ4n) is 2.36. The lowest BCUT2D eigenvalue weighted by Crippen LogP contribution is -2.26. The molecule has 2 rings (SSSR count). The molecule has 1 amide bonds. The molecule has 0 spiro atoms. The number of esters is 1. The average Bonchev–Trinajstić information content (AvgIpc) is 2.49. The molecule has 0 heterocycles. The second-order valence-electron chi connectivity index (χ2n) is 5.12. The number of carbonyl (C=O) groups is 2. The van der Waals surface area contributed by atoms with Crippen molar-refractivity contribution in [2.75, 3.05) is 11.9 Å². The second kappa shape index (κ2) is 7.41. The number of carbonyl (C=O) groups excluding carboxylic acids is 2. The maximum Gasteiger partial charge on any atom is 0.309 e. The van der Waals surface area contributed by atoms with Crippen molar-refractivity contribution in [1.29, 1.82) is 0 Å². The molecule has 0 atom stereocenters. The van der Waals surface area contributed by atoms with Crippen molar-refractivity contribution in [3.05, 3.63) is 29.0 Å². The summed E-state index contributed by atoms with van der Waals surface area (Å²) in [6.45, 7) is -0.343. The third-order valence-electron chi connectivity index (χ3n) is 3.49. The Morgan fingerprint density at radius 2 is 2.00 bits per heavy atom. The number of nitrogens with one attached hydrogen (secondary N) is 1. The fourth-order valence-corrected chi connectivity index (χ4v) is 2.54. The molecule has 0 aliphatic heterocycles. The van der Waals surface area contributed by atoms with E-state index in [2.05, 4.69) is 5.32 Å². The number of hydrogen-bond donors (Lipinski definition) is 1. The summed E-state index contributed by atoms with van der Waals surface area (Å²) in [5, 5.41) is 2.42. The van der Waals surface area contributed by atoms with Gasteiger partial charge in [-0.1, -0.05) is 30.9 Å². The van der Waals surface area contributed by atoms with Crippen LogP contribution in [0.15, 0.2) is 18.2 Å². The monoisotopic (exact) mass is 313 g/mol. The van der Waals surface area contributed by atoms with Crippen molar-refractivity contribution in [3.8, 4) is 0 Å². The largest absolute Gasteiger partial charge is 0.455 e.